The lowest BCUT2D eigenvalue weighted by Crippen LogP contribution is -2.43. The van der Waals surface area contributed by atoms with Gasteiger partial charge in [-0.25, -0.2) is 4.98 Å². The molecule has 1 saturated heterocycles. The van der Waals surface area contributed by atoms with E-state index in [0.717, 1.165) is 16.8 Å². The Kier molecular flexibility index (Phi) is 6.65. The minimum Gasteiger partial charge on any atom is -0.365 e. The van der Waals surface area contributed by atoms with Crippen molar-refractivity contribution < 1.29 is 14.3 Å². The first kappa shape index (κ1) is 22.6. The van der Waals surface area contributed by atoms with E-state index in [1.54, 1.807) is 11.2 Å². The number of rotatable bonds is 5. The van der Waals surface area contributed by atoms with Crippen molar-refractivity contribution in [3.8, 4) is 0 Å². The standard InChI is InChI=1S/C26H27ClN4O3/c27-21-8-6-19(7-9-21)23-15-31-17-29-24(22(31)16-34-23)26(33)30-12-10-20(11-13-30)25(32)28-14-18-4-2-1-3-5-18/h1-9,17,20,23H,10-16H2,(H,28,32)/t23-/m0/s1. The molecule has 5 rings (SSSR count). The molecule has 1 atom stereocenters. The Morgan fingerprint density at radius 3 is 2.53 bits per heavy atom. The van der Waals surface area contributed by atoms with Crippen molar-refractivity contribution in [2.24, 2.45) is 5.92 Å². The van der Waals surface area contributed by atoms with Gasteiger partial charge in [-0.3, -0.25) is 9.59 Å². The minimum absolute atomic E-state index is 0.0527. The maximum atomic E-state index is 13.2. The van der Waals surface area contributed by atoms with Crippen LogP contribution in [0.25, 0.3) is 0 Å². The van der Waals surface area contributed by atoms with E-state index in [9.17, 15) is 9.59 Å². The third-order valence-electron chi connectivity index (χ3n) is 6.64. The fourth-order valence-corrected chi connectivity index (χ4v) is 4.73. The monoisotopic (exact) mass is 478 g/mol. The van der Waals surface area contributed by atoms with Gasteiger partial charge >= 0.3 is 0 Å². The van der Waals surface area contributed by atoms with Gasteiger partial charge in [-0.1, -0.05) is 54.1 Å². The third-order valence-corrected chi connectivity index (χ3v) is 6.89. The van der Waals surface area contributed by atoms with Gasteiger partial charge in [-0.2, -0.15) is 0 Å². The van der Waals surface area contributed by atoms with Gasteiger partial charge < -0.3 is 19.5 Å². The van der Waals surface area contributed by atoms with Crippen LogP contribution >= 0.6 is 11.6 Å². The highest BCUT2D eigenvalue weighted by atomic mass is 35.5. The summed E-state index contributed by atoms with van der Waals surface area (Å²) in [4.78, 5) is 32.0. The molecule has 1 N–H and O–H groups in total. The highest BCUT2D eigenvalue weighted by molar-refractivity contribution is 6.30. The van der Waals surface area contributed by atoms with Gasteiger partial charge in [0, 0.05) is 30.6 Å². The average molecular weight is 479 g/mol. The molecule has 1 aromatic heterocycles. The topological polar surface area (TPSA) is 76.5 Å². The molecule has 0 spiro atoms. The highest BCUT2D eigenvalue weighted by Crippen LogP contribution is 2.29. The second-order valence-electron chi connectivity index (χ2n) is 8.81. The van der Waals surface area contributed by atoms with Gasteiger partial charge in [0.25, 0.3) is 5.91 Å². The third kappa shape index (κ3) is 4.86. The number of ether oxygens (including phenoxy) is 1. The molecule has 8 heteroatoms. The molecule has 2 amide bonds. The van der Waals surface area contributed by atoms with Crippen LogP contribution in [0.5, 0.6) is 0 Å². The zero-order valence-corrected chi connectivity index (χ0v) is 19.6. The number of amides is 2. The van der Waals surface area contributed by atoms with Crippen LogP contribution in [-0.2, 0) is 29.2 Å². The quantitative estimate of drug-likeness (QED) is 0.602. The van der Waals surface area contributed by atoms with E-state index >= 15 is 0 Å². The zero-order chi connectivity index (χ0) is 23.5. The Labute approximate surface area is 203 Å². The molecule has 2 aromatic carbocycles. The van der Waals surface area contributed by atoms with E-state index in [4.69, 9.17) is 16.3 Å². The molecule has 34 heavy (non-hydrogen) atoms. The summed E-state index contributed by atoms with van der Waals surface area (Å²) in [6, 6.07) is 17.5. The number of imidazole rings is 1. The molecule has 0 bridgehead atoms. The number of nitrogens with zero attached hydrogens (tertiary/aromatic N) is 3. The number of piperidine rings is 1. The molecule has 3 aromatic rings. The largest absolute Gasteiger partial charge is 0.365 e. The highest BCUT2D eigenvalue weighted by Gasteiger charge is 2.32. The summed E-state index contributed by atoms with van der Waals surface area (Å²) in [6.45, 7) is 2.54. The van der Waals surface area contributed by atoms with Gasteiger partial charge in [0.05, 0.1) is 25.2 Å². The molecule has 0 radical (unpaired) electrons. The van der Waals surface area contributed by atoms with Crippen LogP contribution in [0.4, 0.5) is 0 Å². The van der Waals surface area contributed by atoms with Crippen LogP contribution in [0.15, 0.2) is 60.9 Å². The second kappa shape index (κ2) is 9.99. The van der Waals surface area contributed by atoms with Crippen molar-refractivity contribution in [1.82, 2.24) is 19.8 Å². The SMILES string of the molecule is O=C(NCc1ccccc1)C1CCN(C(=O)c2ncn3c2CO[C@H](c2ccc(Cl)cc2)C3)CC1. The van der Waals surface area contributed by atoms with Crippen molar-refractivity contribution >= 4 is 23.4 Å². The normalized spacial score (nSPS) is 18.4. The van der Waals surface area contributed by atoms with E-state index in [1.807, 2.05) is 59.2 Å². The Bertz CT molecular complexity index is 1150. The summed E-state index contributed by atoms with van der Waals surface area (Å²) in [6.07, 6.45) is 2.92. The Balaban J connectivity index is 1.16. The fraction of sp³-hybridized carbons (Fsp3) is 0.346. The van der Waals surface area contributed by atoms with Gasteiger partial charge in [-0.05, 0) is 36.1 Å². The molecule has 1 fully saturated rings. The van der Waals surface area contributed by atoms with E-state index in [1.165, 1.54) is 0 Å². The van der Waals surface area contributed by atoms with Crippen molar-refractivity contribution in [3.63, 3.8) is 0 Å². The fourth-order valence-electron chi connectivity index (χ4n) is 4.61. The van der Waals surface area contributed by atoms with Crippen LogP contribution in [-0.4, -0.2) is 39.4 Å². The predicted octanol–water partition coefficient (Wildman–Crippen LogP) is 3.98. The molecular formula is C26H27ClN4O3. The lowest BCUT2D eigenvalue weighted by molar-refractivity contribution is -0.126. The van der Waals surface area contributed by atoms with E-state index < -0.39 is 0 Å². The second-order valence-corrected chi connectivity index (χ2v) is 9.25. The lowest BCUT2D eigenvalue weighted by Gasteiger charge is -2.31. The molecule has 3 heterocycles. The van der Waals surface area contributed by atoms with Crippen molar-refractivity contribution in [2.75, 3.05) is 13.1 Å². The molecule has 176 valence electrons. The van der Waals surface area contributed by atoms with Crippen molar-refractivity contribution in [3.05, 3.63) is 88.5 Å². The van der Waals surface area contributed by atoms with E-state index in [-0.39, 0.29) is 23.8 Å². The van der Waals surface area contributed by atoms with E-state index in [0.29, 0.717) is 56.3 Å². The van der Waals surface area contributed by atoms with Gasteiger partial charge in [0.1, 0.15) is 6.10 Å². The van der Waals surface area contributed by atoms with Gasteiger partial charge in [0.2, 0.25) is 5.91 Å². The zero-order valence-electron chi connectivity index (χ0n) is 18.8. The number of fused-ring (bicyclic) bond motifs is 1. The number of benzene rings is 2. The first-order chi connectivity index (χ1) is 16.6. The van der Waals surface area contributed by atoms with Gasteiger partial charge in [0.15, 0.2) is 5.69 Å². The molecule has 0 saturated carbocycles. The predicted molar refractivity (Wildman–Crippen MR) is 128 cm³/mol. The summed E-state index contributed by atoms with van der Waals surface area (Å²) in [7, 11) is 0. The van der Waals surface area contributed by atoms with Crippen molar-refractivity contribution in [2.45, 2.75) is 38.6 Å². The van der Waals surface area contributed by atoms with Crippen molar-refractivity contribution in [1.29, 1.82) is 0 Å². The molecular weight excluding hydrogens is 452 g/mol. The number of hydrogen-bond acceptors (Lipinski definition) is 4. The Hall–Kier alpha value is -3.16. The van der Waals surface area contributed by atoms with Crippen LogP contribution in [0.1, 0.15) is 46.3 Å². The smallest absolute Gasteiger partial charge is 0.274 e. The minimum atomic E-state index is -0.105. The summed E-state index contributed by atoms with van der Waals surface area (Å²) >= 11 is 5.99. The number of halogens is 1. The number of aromatic nitrogens is 2. The van der Waals surface area contributed by atoms with Crippen LogP contribution in [0.3, 0.4) is 0 Å². The summed E-state index contributed by atoms with van der Waals surface area (Å²) < 4.78 is 8.05. The summed E-state index contributed by atoms with van der Waals surface area (Å²) in [5.74, 6) is -0.116. The lowest BCUT2D eigenvalue weighted by atomic mass is 9.95. The van der Waals surface area contributed by atoms with Crippen LogP contribution in [0.2, 0.25) is 5.02 Å². The molecule has 0 unspecified atom stereocenters. The maximum Gasteiger partial charge on any atom is 0.274 e. The summed E-state index contributed by atoms with van der Waals surface area (Å²) in [5, 5.41) is 3.71. The molecule has 7 nitrogen and oxygen atoms in total. The number of nitrogens with one attached hydrogen (secondary N) is 1. The molecule has 2 aliphatic rings. The number of hydrogen-bond donors (Lipinski definition) is 1. The average Bonchev–Trinajstić information content (AvgIpc) is 3.31. The Morgan fingerprint density at radius 1 is 1.06 bits per heavy atom. The Morgan fingerprint density at radius 2 is 1.79 bits per heavy atom. The number of carbonyl (C=O) groups is 2. The van der Waals surface area contributed by atoms with Crippen LogP contribution in [0, 0.1) is 5.92 Å². The first-order valence-electron chi connectivity index (χ1n) is 11.6. The van der Waals surface area contributed by atoms with Gasteiger partial charge in [-0.15, -0.1) is 0 Å². The van der Waals surface area contributed by atoms with E-state index in [2.05, 4.69) is 10.3 Å². The molecule has 2 aliphatic heterocycles. The summed E-state index contributed by atoms with van der Waals surface area (Å²) in [5.41, 5.74) is 3.37. The van der Waals surface area contributed by atoms with Crippen LogP contribution < -0.4 is 5.32 Å². The first-order valence-corrected chi connectivity index (χ1v) is 12.0. The number of likely N-dealkylation sites (tertiary alicyclic amines) is 1. The maximum absolute atomic E-state index is 13.2. The number of carbonyl (C=O) groups excluding carboxylic acids is 2. The molecule has 0 aliphatic carbocycles.